The Hall–Kier alpha value is -2.56. The van der Waals surface area contributed by atoms with Crippen LogP contribution in [0.15, 0.2) is 60.8 Å². The van der Waals surface area contributed by atoms with Crippen LogP contribution in [0.5, 0.6) is 0 Å². The number of unbranched alkanes of at least 4 members (excludes halogenated alkanes) is 1. The molecule has 3 unspecified atom stereocenters. The van der Waals surface area contributed by atoms with E-state index in [9.17, 15) is 24.9 Å². The Morgan fingerprint density at radius 2 is 1.32 bits per heavy atom. The summed E-state index contributed by atoms with van der Waals surface area (Å²) in [6.45, 7) is 1.66. The Bertz CT molecular complexity index is 807. The van der Waals surface area contributed by atoms with Crippen LogP contribution < -0.4 is 10.6 Å². The highest BCUT2D eigenvalue weighted by atomic mass is 16.6. The van der Waals surface area contributed by atoms with Crippen LogP contribution in [-0.2, 0) is 14.3 Å². The van der Waals surface area contributed by atoms with E-state index < -0.39 is 43.2 Å². The molecule has 0 radical (unpaired) electrons. The van der Waals surface area contributed by atoms with E-state index in [1.807, 2.05) is 0 Å². The maximum atomic E-state index is 12.1. The van der Waals surface area contributed by atoms with Crippen molar-refractivity contribution in [3.05, 3.63) is 60.8 Å². The van der Waals surface area contributed by atoms with E-state index in [4.69, 9.17) is 9.84 Å². The van der Waals surface area contributed by atoms with Gasteiger partial charge in [0, 0.05) is 19.4 Å². The Labute approximate surface area is 226 Å². The van der Waals surface area contributed by atoms with Crippen molar-refractivity contribution in [2.45, 2.75) is 95.4 Å². The monoisotopic (exact) mass is 534 g/mol. The van der Waals surface area contributed by atoms with Gasteiger partial charge in [-0.15, -0.1) is 0 Å². The van der Waals surface area contributed by atoms with Gasteiger partial charge in [0.05, 0.1) is 6.61 Å². The molecule has 0 spiro atoms. The van der Waals surface area contributed by atoms with Crippen molar-refractivity contribution in [3.63, 3.8) is 0 Å². The van der Waals surface area contributed by atoms with E-state index >= 15 is 0 Å². The van der Waals surface area contributed by atoms with Gasteiger partial charge in [-0.05, 0) is 44.9 Å². The van der Waals surface area contributed by atoms with E-state index in [0.717, 1.165) is 38.5 Å². The van der Waals surface area contributed by atoms with Gasteiger partial charge in [-0.1, -0.05) is 67.7 Å². The molecule has 9 heteroatoms. The van der Waals surface area contributed by atoms with Crippen LogP contribution >= 0.6 is 0 Å². The molecular formula is C29H46N2O7. The number of aliphatic hydroxyl groups is 4. The number of carbonyl (C=O) groups is 2. The maximum Gasteiger partial charge on any atom is 0.222 e. The quantitative estimate of drug-likeness (QED) is 0.117. The zero-order valence-electron chi connectivity index (χ0n) is 22.5. The summed E-state index contributed by atoms with van der Waals surface area (Å²) in [5.41, 5.74) is 0. The molecule has 0 bridgehead atoms. The van der Waals surface area contributed by atoms with Crippen LogP contribution in [0, 0.1) is 0 Å². The first-order chi connectivity index (χ1) is 18.4. The normalized spacial score (nSPS) is 24.4. The first-order valence-electron chi connectivity index (χ1n) is 13.5. The molecule has 2 amide bonds. The zero-order chi connectivity index (χ0) is 28.0. The minimum atomic E-state index is -1.57. The zero-order valence-corrected chi connectivity index (χ0v) is 22.5. The van der Waals surface area contributed by atoms with Gasteiger partial charge in [0.15, 0.2) is 6.29 Å². The van der Waals surface area contributed by atoms with Crippen molar-refractivity contribution in [3.8, 4) is 0 Å². The third-order valence-electron chi connectivity index (χ3n) is 5.83. The van der Waals surface area contributed by atoms with E-state index in [-0.39, 0.29) is 18.9 Å². The summed E-state index contributed by atoms with van der Waals surface area (Å²) in [5, 5.41) is 43.9. The molecule has 38 heavy (non-hydrogen) atoms. The summed E-state index contributed by atoms with van der Waals surface area (Å²) < 4.78 is 4.99. The molecule has 0 aliphatic carbocycles. The van der Waals surface area contributed by atoms with Gasteiger partial charge in [-0.3, -0.25) is 9.59 Å². The van der Waals surface area contributed by atoms with Gasteiger partial charge in [-0.25, -0.2) is 0 Å². The molecule has 1 aliphatic heterocycles. The van der Waals surface area contributed by atoms with Crippen LogP contribution in [-0.4, -0.2) is 76.0 Å². The lowest BCUT2D eigenvalue weighted by Crippen LogP contribution is -2.64. The Morgan fingerprint density at radius 3 is 1.87 bits per heavy atom. The summed E-state index contributed by atoms with van der Waals surface area (Å²) in [5.74, 6) is -0.683. The van der Waals surface area contributed by atoms with Gasteiger partial charge in [0.25, 0.3) is 0 Å². The second-order valence-corrected chi connectivity index (χ2v) is 9.02. The second-order valence-electron chi connectivity index (χ2n) is 9.02. The van der Waals surface area contributed by atoms with E-state index in [2.05, 4.69) is 78.3 Å². The van der Waals surface area contributed by atoms with Crippen LogP contribution in [0.25, 0.3) is 0 Å². The van der Waals surface area contributed by atoms with Crippen LogP contribution in [0.1, 0.15) is 64.7 Å². The summed E-state index contributed by atoms with van der Waals surface area (Å²) in [7, 11) is 0. The molecule has 1 aliphatic rings. The lowest BCUT2D eigenvalue weighted by atomic mass is 9.97. The van der Waals surface area contributed by atoms with Crippen molar-refractivity contribution < 1.29 is 34.8 Å². The molecule has 0 saturated carbocycles. The van der Waals surface area contributed by atoms with Crippen molar-refractivity contribution in [2.24, 2.45) is 0 Å². The SMILES string of the molecule is CC/C=C\C/C=C\C/C=C\C/C=C\C/C=C\CCCC(=O)NCCC(=O)NC1C(O)[C@H](O)C(CO)O[C@H]1O. The molecule has 5 atom stereocenters. The van der Waals surface area contributed by atoms with Crippen LogP contribution in [0.3, 0.4) is 0 Å². The molecule has 1 rings (SSSR count). The van der Waals surface area contributed by atoms with Gasteiger partial charge in [0.1, 0.15) is 24.4 Å². The van der Waals surface area contributed by atoms with Crippen molar-refractivity contribution in [1.29, 1.82) is 0 Å². The molecule has 1 saturated heterocycles. The van der Waals surface area contributed by atoms with Gasteiger partial charge >= 0.3 is 0 Å². The lowest BCUT2D eigenvalue weighted by Gasteiger charge is -2.40. The van der Waals surface area contributed by atoms with Crippen LogP contribution in [0.4, 0.5) is 0 Å². The Kier molecular flexibility index (Phi) is 18.8. The fourth-order valence-corrected chi connectivity index (χ4v) is 3.66. The van der Waals surface area contributed by atoms with E-state index in [1.54, 1.807) is 0 Å². The fraction of sp³-hybridized carbons (Fsp3) is 0.586. The predicted octanol–water partition coefficient (Wildman–Crippen LogP) is 2.33. The number of amides is 2. The summed E-state index contributed by atoms with van der Waals surface area (Å²) in [4.78, 5) is 24.0. The standard InChI is InChI=1S/C29H46N2O7/c1-2-3-4-5-6-7-8-9-10-11-12-13-14-15-16-17-18-19-24(33)30-21-20-25(34)31-26-28(36)27(35)23(22-32)38-29(26)37/h3-4,6-7,9-10,12-13,15-16,23,26-29,32,35-37H,2,5,8,11,14,17-22H2,1H3,(H,30,33)(H,31,34)/b4-3-,7-6-,10-9-,13-12-,16-15-/t23?,26?,27-,28?,29-/m1/s1. The topological polar surface area (TPSA) is 148 Å². The molecular weight excluding hydrogens is 488 g/mol. The highest BCUT2D eigenvalue weighted by Crippen LogP contribution is 2.19. The summed E-state index contributed by atoms with van der Waals surface area (Å²) in [6.07, 6.45) is 22.3. The summed E-state index contributed by atoms with van der Waals surface area (Å²) >= 11 is 0. The molecule has 0 aromatic carbocycles. The smallest absolute Gasteiger partial charge is 0.222 e. The van der Waals surface area contributed by atoms with Crippen molar-refractivity contribution in [2.75, 3.05) is 13.2 Å². The molecule has 0 aromatic rings. The molecule has 1 heterocycles. The minimum Gasteiger partial charge on any atom is -0.394 e. The predicted molar refractivity (Wildman–Crippen MR) is 148 cm³/mol. The van der Waals surface area contributed by atoms with E-state index in [1.165, 1.54) is 0 Å². The number of nitrogens with one attached hydrogen (secondary N) is 2. The lowest BCUT2D eigenvalue weighted by molar-refractivity contribution is -0.253. The summed E-state index contributed by atoms with van der Waals surface area (Å²) in [6, 6.07) is -1.24. The largest absolute Gasteiger partial charge is 0.394 e. The van der Waals surface area contributed by atoms with Crippen LogP contribution in [0.2, 0.25) is 0 Å². The number of hydrogen-bond acceptors (Lipinski definition) is 7. The Balaban J connectivity index is 2.06. The van der Waals surface area contributed by atoms with Gasteiger partial charge in [0.2, 0.25) is 11.8 Å². The number of ether oxygens (including phenoxy) is 1. The number of hydrogen-bond donors (Lipinski definition) is 6. The van der Waals surface area contributed by atoms with E-state index in [0.29, 0.717) is 12.8 Å². The molecule has 0 aromatic heterocycles. The van der Waals surface area contributed by atoms with Crippen molar-refractivity contribution >= 4 is 11.8 Å². The second kappa shape index (κ2) is 21.4. The average molecular weight is 535 g/mol. The highest BCUT2D eigenvalue weighted by Gasteiger charge is 2.44. The minimum absolute atomic E-state index is 0.0595. The molecule has 214 valence electrons. The molecule has 9 nitrogen and oxygen atoms in total. The van der Waals surface area contributed by atoms with Crippen molar-refractivity contribution in [1.82, 2.24) is 10.6 Å². The molecule has 1 fully saturated rings. The number of aliphatic hydroxyl groups excluding tert-OH is 4. The van der Waals surface area contributed by atoms with Gasteiger partial charge < -0.3 is 35.8 Å². The highest BCUT2D eigenvalue weighted by molar-refractivity contribution is 5.79. The fourth-order valence-electron chi connectivity index (χ4n) is 3.66. The number of allylic oxidation sites excluding steroid dienone is 10. The molecule has 6 N–H and O–H groups in total. The maximum absolute atomic E-state index is 12.1. The first kappa shape index (κ1) is 33.5. The van der Waals surface area contributed by atoms with Gasteiger partial charge in [-0.2, -0.15) is 0 Å². The Morgan fingerprint density at radius 1 is 0.763 bits per heavy atom. The first-order valence-corrected chi connectivity index (χ1v) is 13.5. The third kappa shape index (κ3) is 15.0. The third-order valence-corrected chi connectivity index (χ3v) is 5.83. The number of carbonyl (C=O) groups excluding carboxylic acids is 2. The average Bonchev–Trinajstić information content (AvgIpc) is 2.90. The number of rotatable bonds is 18.